The number of benzene rings is 2. The topological polar surface area (TPSA) is 58.4 Å². The number of para-hydroxylation sites is 1. The van der Waals surface area contributed by atoms with E-state index in [0.29, 0.717) is 6.04 Å². The van der Waals surface area contributed by atoms with Crippen LogP contribution in [-0.4, -0.2) is 16.8 Å². The summed E-state index contributed by atoms with van der Waals surface area (Å²) in [5.74, 6) is 0. The number of rotatable bonds is 5. The van der Waals surface area contributed by atoms with E-state index in [4.69, 9.17) is 0 Å². The van der Waals surface area contributed by atoms with Crippen molar-refractivity contribution in [3.8, 4) is 0 Å². The van der Waals surface area contributed by atoms with Gasteiger partial charge in [-0.25, -0.2) is 10.2 Å². The molecule has 0 fully saturated rings. The summed E-state index contributed by atoms with van der Waals surface area (Å²) in [5, 5.41) is 8.01. The second-order valence-electron chi connectivity index (χ2n) is 6.55. The fourth-order valence-electron chi connectivity index (χ4n) is 2.94. The second-order valence-corrected chi connectivity index (χ2v) is 7.41. The summed E-state index contributed by atoms with van der Waals surface area (Å²) in [4.78, 5) is 12.1. The Hall–Kier alpha value is -2.60. The van der Waals surface area contributed by atoms with Crippen LogP contribution in [0.3, 0.4) is 0 Å². The van der Waals surface area contributed by atoms with Gasteiger partial charge in [0.25, 0.3) is 0 Å². The third-order valence-electron chi connectivity index (χ3n) is 4.62. The van der Waals surface area contributed by atoms with Crippen LogP contribution in [0, 0.1) is 6.92 Å². The molecule has 5 nitrogen and oxygen atoms in total. The molecule has 2 amide bonds. The van der Waals surface area contributed by atoms with Crippen molar-refractivity contribution in [1.82, 2.24) is 9.99 Å². The number of fused-ring (bicyclic) bond motifs is 1. The van der Waals surface area contributed by atoms with Gasteiger partial charge in [-0.3, -0.25) is 0 Å². The lowest BCUT2D eigenvalue weighted by Gasteiger charge is -2.12. The number of nitrogens with one attached hydrogen (secondary N) is 2. The van der Waals surface area contributed by atoms with Crippen molar-refractivity contribution in [3.05, 3.63) is 64.3 Å². The number of halogens is 1. The SMILES string of the molecule is CC[C@H](C)n1cc(/C=N/NC(=O)Nc2ccc(Br)c(C)c2)c2ccccc21. The zero-order valence-corrected chi connectivity index (χ0v) is 17.2. The average molecular weight is 427 g/mol. The Labute approximate surface area is 167 Å². The number of nitrogens with zero attached hydrogens (tertiary/aromatic N) is 2. The van der Waals surface area contributed by atoms with Gasteiger partial charge in [-0.05, 0) is 50.1 Å². The van der Waals surface area contributed by atoms with Crippen molar-refractivity contribution in [2.24, 2.45) is 5.10 Å². The van der Waals surface area contributed by atoms with E-state index in [1.54, 1.807) is 6.21 Å². The summed E-state index contributed by atoms with van der Waals surface area (Å²) in [5.41, 5.74) is 6.45. The van der Waals surface area contributed by atoms with Crippen molar-refractivity contribution >= 4 is 44.8 Å². The molecule has 6 heteroatoms. The molecular weight excluding hydrogens is 404 g/mol. The van der Waals surface area contributed by atoms with Crippen LogP contribution in [0.15, 0.2) is 58.2 Å². The van der Waals surface area contributed by atoms with Crippen LogP contribution < -0.4 is 10.7 Å². The number of hydrogen-bond donors (Lipinski definition) is 2. The highest BCUT2D eigenvalue weighted by Crippen LogP contribution is 2.25. The minimum atomic E-state index is -0.376. The minimum absolute atomic E-state index is 0.376. The van der Waals surface area contributed by atoms with Crippen molar-refractivity contribution in [1.29, 1.82) is 0 Å². The molecule has 0 saturated heterocycles. The maximum atomic E-state index is 12.1. The smallest absolute Gasteiger partial charge is 0.339 e. The van der Waals surface area contributed by atoms with Crippen LogP contribution in [0.1, 0.15) is 37.4 Å². The standard InChI is InChI=1S/C21H23BrN4O/c1-4-15(3)26-13-16(18-7-5-6-8-20(18)26)12-23-25-21(27)24-17-9-10-19(22)14(2)11-17/h5-13,15H,4H2,1-3H3,(H2,24,25,27)/b23-12+/t15-/m0/s1. The first-order valence-corrected chi connectivity index (χ1v) is 9.74. The molecule has 0 bridgehead atoms. The number of hydrogen-bond acceptors (Lipinski definition) is 2. The number of hydrazone groups is 1. The number of carbonyl (C=O) groups is 1. The number of amides is 2. The van der Waals surface area contributed by atoms with Gasteiger partial charge in [-0.1, -0.05) is 41.1 Å². The molecule has 27 heavy (non-hydrogen) atoms. The van der Waals surface area contributed by atoms with Crippen molar-refractivity contribution in [2.75, 3.05) is 5.32 Å². The second kappa shape index (κ2) is 8.39. The maximum absolute atomic E-state index is 12.1. The Morgan fingerprint density at radius 3 is 2.81 bits per heavy atom. The molecule has 1 aromatic heterocycles. The van der Waals surface area contributed by atoms with Crippen LogP contribution in [0.25, 0.3) is 10.9 Å². The number of aromatic nitrogens is 1. The summed E-state index contributed by atoms with van der Waals surface area (Å²) in [7, 11) is 0. The summed E-state index contributed by atoms with van der Waals surface area (Å²) < 4.78 is 3.26. The Morgan fingerprint density at radius 2 is 2.07 bits per heavy atom. The molecule has 2 N–H and O–H groups in total. The monoisotopic (exact) mass is 426 g/mol. The fraction of sp³-hybridized carbons (Fsp3) is 0.238. The molecule has 0 aliphatic carbocycles. The number of urea groups is 1. The average Bonchev–Trinajstić information content (AvgIpc) is 3.03. The van der Waals surface area contributed by atoms with Crippen LogP contribution in [0.4, 0.5) is 10.5 Å². The van der Waals surface area contributed by atoms with E-state index in [1.807, 2.05) is 37.3 Å². The largest absolute Gasteiger partial charge is 0.344 e. The van der Waals surface area contributed by atoms with E-state index in [2.05, 4.69) is 68.5 Å². The predicted molar refractivity (Wildman–Crippen MR) is 116 cm³/mol. The maximum Gasteiger partial charge on any atom is 0.339 e. The lowest BCUT2D eigenvalue weighted by molar-refractivity contribution is 0.252. The first-order chi connectivity index (χ1) is 13.0. The van der Waals surface area contributed by atoms with E-state index in [9.17, 15) is 4.79 Å². The highest BCUT2D eigenvalue weighted by atomic mass is 79.9. The molecule has 1 atom stereocenters. The quantitative estimate of drug-likeness (QED) is 0.390. The van der Waals surface area contributed by atoms with Gasteiger partial charge in [-0.15, -0.1) is 0 Å². The summed E-state index contributed by atoms with van der Waals surface area (Å²) in [6, 6.07) is 13.9. The molecule has 3 aromatic rings. The van der Waals surface area contributed by atoms with Gasteiger partial charge in [0.1, 0.15) is 0 Å². The predicted octanol–water partition coefficient (Wildman–Crippen LogP) is 5.84. The minimum Gasteiger partial charge on any atom is -0.344 e. The Morgan fingerprint density at radius 1 is 1.30 bits per heavy atom. The van der Waals surface area contributed by atoms with Crippen molar-refractivity contribution < 1.29 is 4.79 Å². The van der Waals surface area contributed by atoms with Crippen LogP contribution in [-0.2, 0) is 0 Å². The van der Waals surface area contributed by atoms with E-state index >= 15 is 0 Å². The molecule has 1 heterocycles. The van der Waals surface area contributed by atoms with Crippen LogP contribution in [0.2, 0.25) is 0 Å². The van der Waals surface area contributed by atoms with Gasteiger partial charge in [0.15, 0.2) is 0 Å². The Kier molecular flexibility index (Phi) is 5.96. The summed E-state index contributed by atoms with van der Waals surface area (Å²) >= 11 is 3.45. The van der Waals surface area contributed by atoms with Crippen molar-refractivity contribution in [3.63, 3.8) is 0 Å². The number of aryl methyl sites for hydroxylation is 1. The molecule has 0 spiro atoms. The highest BCUT2D eigenvalue weighted by Gasteiger charge is 2.10. The van der Waals surface area contributed by atoms with E-state index in [0.717, 1.165) is 33.1 Å². The van der Waals surface area contributed by atoms with Gasteiger partial charge in [0.05, 0.1) is 6.21 Å². The van der Waals surface area contributed by atoms with Gasteiger partial charge >= 0.3 is 6.03 Å². The molecule has 0 aliphatic rings. The normalized spacial score (nSPS) is 12.4. The molecule has 2 aromatic carbocycles. The molecule has 3 rings (SSSR count). The van der Waals surface area contributed by atoms with Gasteiger partial charge in [0, 0.05) is 38.9 Å². The summed E-state index contributed by atoms with van der Waals surface area (Å²) in [6.45, 7) is 6.33. The van der Waals surface area contributed by atoms with Crippen LogP contribution in [0.5, 0.6) is 0 Å². The molecular formula is C21H23BrN4O. The molecule has 0 unspecified atom stereocenters. The van der Waals surface area contributed by atoms with Crippen LogP contribution >= 0.6 is 15.9 Å². The fourth-order valence-corrected chi connectivity index (χ4v) is 3.18. The van der Waals surface area contributed by atoms with Gasteiger partial charge in [-0.2, -0.15) is 5.10 Å². The third kappa shape index (κ3) is 4.39. The Bertz CT molecular complexity index is 993. The highest BCUT2D eigenvalue weighted by molar-refractivity contribution is 9.10. The van der Waals surface area contributed by atoms with Gasteiger partial charge < -0.3 is 9.88 Å². The number of anilines is 1. The molecule has 0 aliphatic heterocycles. The third-order valence-corrected chi connectivity index (χ3v) is 5.51. The van der Waals surface area contributed by atoms with Gasteiger partial charge in [0.2, 0.25) is 0 Å². The zero-order chi connectivity index (χ0) is 19.4. The van der Waals surface area contributed by atoms with E-state index in [1.165, 1.54) is 5.52 Å². The lowest BCUT2D eigenvalue weighted by atomic mass is 10.2. The van der Waals surface area contributed by atoms with Crippen molar-refractivity contribution in [2.45, 2.75) is 33.2 Å². The summed E-state index contributed by atoms with van der Waals surface area (Å²) in [6.07, 6.45) is 4.82. The number of carbonyl (C=O) groups excluding carboxylic acids is 1. The van der Waals surface area contributed by atoms with E-state index in [-0.39, 0.29) is 6.03 Å². The first kappa shape index (κ1) is 19.2. The zero-order valence-electron chi connectivity index (χ0n) is 15.7. The first-order valence-electron chi connectivity index (χ1n) is 8.95. The lowest BCUT2D eigenvalue weighted by Crippen LogP contribution is -2.24. The van der Waals surface area contributed by atoms with E-state index < -0.39 is 0 Å². The molecule has 0 radical (unpaired) electrons. The Balaban J connectivity index is 1.72. The molecule has 0 saturated carbocycles. The molecule has 140 valence electrons.